The van der Waals surface area contributed by atoms with E-state index < -0.39 is 6.03 Å². The van der Waals surface area contributed by atoms with Crippen LogP contribution in [0.4, 0.5) is 15.6 Å². The van der Waals surface area contributed by atoms with Crippen LogP contribution in [-0.2, 0) is 20.7 Å². The third-order valence-corrected chi connectivity index (χ3v) is 5.73. The van der Waals surface area contributed by atoms with Crippen LogP contribution in [0.5, 0.6) is 0 Å². The zero-order valence-corrected chi connectivity index (χ0v) is 18.1. The number of nitrogens with one attached hydrogen (secondary N) is 2. The Bertz CT molecular complexity index is 894. The van der Waals surface area contributed by atoms with Gasteiger partial charge in [-0.15, -0.1) is 11.3 Å². The van der Waals surface area contributed by atoms with Crippen molar-refractivity contribution in [2.24, 2.45) is 5.92 Å². The smallest absolute Gasteiger partial charge is 0.325 e. The molecule has 0 unspecified atom stereocenters. The maximum Gasteiger partial charge on any atom is 0.325 e. The lowest BCUT2D eigenvalue weighted by atomic mass is 9.97. The molecule has 160 valence electrons. The van der Waals surface area contributed by atoms with Gasteiger partial charge in [0.25, 0.3) is 0 Å². The molecule has 1 saturated heterocycles. The van der Waals surface area contributed by atoms with Gasteiger partial charge in [-0.3, -0.25) is 14.9 Å². The first kappa shape index (κ1) is 22.0. The van der Waals surface area contributed by atoms with E-state index in [2.05, 4.69) is 15.6 Å². The lowest BCUT2D eigenvalue weighted by molar-refractivity contribution is -0.151. The highest BCUT2D eigenvalue weighted by atomic mass is 35.5. The lowest BCUT2D eigenvalue weighted by Gasteiger charge is -2.30. The number of ether oxygens (including phenoxy) is 1. The van der Waals surface area contributed by atoms with Crippen molar-refractivity contribution >= 4 is 51.7 Å². The number of likely N-dealkylation sites (tertiary alicyclic amines) is 1. The van der Waals surface area contributed by atoms with E-state index in [1.807, 2.05) is 0 Å². The molecule has 3 rings (SSSR count). The molecular formula is C20H23ClN4O4S. The highest BCUT2D eigenvalue weighted by Crippen LogP contribution is 2.21. The van der Waals surface area contributed by atoms with Crippen LogP contribution < -0.4 is 10.6 Å². The Balaban J connectivity index is 1.46. The number of benzene rings is 1. The summed E-state index contributed by atoms with van der Waals surface area (Å²) in [5, 5.41) is 8.09. The normalized spacial score (nSPS) is 14.3. The van der Waals surface area contributed by atoms with Crippen LogP contribution in [0.25, 0.3) is 0 Å². The van der Waals surface area contributed by atoms with E-state index in [1.54, 1.807) is 41.5 Å². The van der Waals surface area contributed by atoms with Gasteiger partial charge in [0.2, 0.25) is 5.91 Å². The molecule has 1 aliphatic heterocycles. The minimum atomic E-state index is -0.425. The molecule has 0 bridgehead atoms. The molecule has 8 nitrogen and oxygen atoms in total. The number of piperidine rings is 1. The SMILES string of the molecule is CCOC(=O)C1CCN(C(=O)Cc2csc(NC(=O)Nc3ccc(Cl)cc3)n2)CC1. The number of esters is 1. The van der Waals surface area contributed by atoms with Crippen molar-refractivity contribution in [1.82, 2.24) is 9.88 Å². The molecule has 0 spiro atoms. The fraction of sp³-hybridized carbons (Fsp3) is 0.400. The van der Waals surface area contributed by atoms with Crippen molar-refractivity contribution in [1.29, 1.82) is 0 Å². The van der Waals surface area contributed by atoms with E-state index in [-0.39, 0.29) is 24.2 Å². The first-order valence-corrected chi connectivity index (χ1v) is 10.9. The number of rotatable bonds is 6. The maximum atomic E-state index is 12.5. The van der Waals surface area contributed by atoms with Gasteiger partial charge in [-0.1, -0.05) is 11.6 Å². The van der Waals surface area contributed by atoms with Gasteiger partial charge in [0.1, 0.15) is 0 Å². The number of nitrogens with zero attached hydrogens (tertiary/aromatic N) is 2. The Labute approximate surface area is 183 Å². The molecule has 3 amide bonds. The molecule has 1 fully saturated rings. The topological polar surface area (TPSA) is 101 Å². The van der Waals surface area contributed by atoms with E-state index >= 15 is 0 Å². The summed E-state index contributed by atoms with van der Waals surface area (Å²) in [5.74, 6) is -0.361. The Morgan fingerprint density at radius 1 is 1.20 bits per heavy atom. The summed E-state index contributed by atoms with van der Waals surface area (Å²) in [5.41, 5.74) is 1.20. The molecule has 0 saturated carbocycles. The molecular weight excluding hydrogens is 428 g/mol. The minimum Gasteiger partial charge on any atom is -0.466 e. The van der Waals surface area contributed by atoms with Gasteiger partial charge < -0.3 is 15.0 Å². The van der Waals surface area contributed by atoms with Crippen molar-refractivity contribution in [3.8, 4) is 0 Å². The van der Waals surface area contributed by atoms with Crippen molar-refractivity contribution in [3.05, 3.63) is 40.4 Å². The number of amides is 3. The first-order chi connectivity index (χ1) is 14.4. The van der Waals surface area contributed by atoms with Gasteiger partial charge in [-0.05, 0) is 44.0 Å². The van der Waals surface area contributed by atoms with Crippen molar-refractivity contribution < 1.29 is 19.1 Å². The van der Waals surface area contributed by atoms with Crippen molar-refractivity contribution in [3.63, 3.8) is 0 Å². The number of halogens is 1. The number of carbonyl (C=O) groups excluding carboxylic acids is 3. The van der Waals surface area contributed by atoms with Crippen LogP contribution >= 0.6 is 22.9 Å². The molecule has 10 heteroatoms. The molecule has 0 radical (unpaired) electrons. The molecule has 2 heterocycles. The van der Waals surface area contributed by atoms with Crippen LogP contribution in [0.15, 0.2) is 29.6 Å². The molecule has 1 aromatic heterocycles. The van der Waals surface area contributed by atoms with Gasteiger partial charge in [0, 0.05) is 29.2 Å². The number of anilines is 2. The molecule has 2 aromatic rings. The summed E-state index contributed by atoms with van der Waals surface area (Å²) < 4.78 is 5.05. The van der Waals surface area contributed by atoms with Crippen LogP contribution in [0, 0.1) is 5.92 Å². The predicted octanol–water partition coefficient (Wildman–Crippen LogP) is 3.78. The van der Waals surface area contributed by atoms with Gasteiger partial charge in [0.15, 0.2) is 5.13 Å². The third-order valence-electron chi connectivity index (χ3n) is 4.67. The Morgan fingerprint density at radius 2 is 1.90 bits per heavy atom. The average Bonchev–Trinajstić information content (AvgIpc) is 3.16. The molecule has 1 aliphatic rings. The number of carbonyl (C=O) groups is 3. The molecule has 0 atom stereocenters. The highest BCUT2D eigenvalue weighted by molar-refractivity contribution is 7.14. The summed E-state index contributed by atoms with van der Waals surface area (Å²) in [6, 6.07) is 6.32. The number of thiazole rings is 1. The predicted molar refractivity (Wildman–Crippen MR) is 116 cm³/mol. The summed E-state index contributed by atoms with van der Waals surface area (Å²) in [6.45, 7) is 3.22. The fourth-order valence-corrected chi connectivity index (χ4v) is 3.96. The lowest BCUT2D eigenvalue weighted by Crippen LogP contribution is -2.41. The van der Waals surface area contributed by atoms with Gasteiger partial charge >= 0.3 is 12.0 Å². The van der Waals surface area contributed by atoms with Crippen LogP contribution in [0.3, 0.4) is 0 Å². The summed E-state index contributed by atoms with van der Waals surface area (Å²) in [6.07, 6.45) is 1.37. The standard InChI is InChI=1S/C20H23ClN4O4S/c1-2-29-18(27)13-7-9-25(10-8-13)17(26)11-16-12-30-20(23-16)24-19(28)22-15-5-3-14(21)4-6-15/h3-6,12-13H,2,7-11H2,1H3,(H2,22,23,24,28). The van der Waals surface area contributed by atoms with Crippen LogP contribution in [-0.4, -0.2) is 47.5 Å². The van der Waals surface area contributed by atoms with Gasteiger partial charge in [-0.2, -0.15) is 0 Å². The van der Waals surface area contributed by atoms with Crippen LogP contribution in [0.1, 0.15) is 25.5 Å². The minimum absolute atomic E-state index is 0.0419. The monoisotopic (exact) mass is 450 g/mol. The van der Waals surface area contributed by atoms with Gasteiger partial charge in [-0.25, -0.2) is 9.78 Å². The van der Waals surface area contributed by atoms with E-state index in [9.17, 15) is 14.4 Å². The Morgan fingerprint density at radius 3 is 2.57 bits per heavy atom. The fourth-order valence-electron chi connectivity index (χ4n) is 3.13. The van der Waals surface area contributed by atoms with E-state index in [4.69, 9.17) is 16.3 Å². The summed E-state index contributed by atoms with van der Waals surface area (Å²) >= 11 is 7.08. The quantitative estimate of drug-likeness (QED) is 0.652. The average molecular weight is 451 g/mol. The van der Waals surface area contributed by atoms with E-state index in [0.717, 1.165) is 0 Å². The number of hydrogen-bond donors (Lipinski definition) is 2. The number of hydrogen-bond acceptors (Lipinski definition) is 6. The maximum absolute atomic E-state index is 12.5. The first-order valence-electron chi connectivity index (χ1n) is 9.67. The third kappa shape index (κ3) is 6.17. The summed E-state index contributed by atoms with van der Waals surface area (Å²) in [7, 11) is 0. The molecule has 1 aromatic carbocycles. The van der Waals surface area contributed by atoms with Crippen molar-refractivity contribution in [2.45, 2.75) is 26.2 Å². The number of urea groups is 1. The highest BCUT2D eigenvalue weighted by Gasteiger charge is 2.28. The zero-order chi connectivity index (χ0) is 21.5. The van der Waals surface area contributed by atoms with E-state index in [0.29, 0.717) is 54.1 Å². The Kier molecular flexibility index (Phi) is 7.64. The van der Waals surface area contributed by atoms with Crippen LogP contribution in [0.2, 0.25) is 5.02 Å². The second-order valence-electron chi connectivity index (χ2n) is 6.81. The molecule has 0 aliphatic carbocycles. The largest absolute Gasteiger partial charge is 0.466 e. The number of aromatic nitrogens is 1. The Hall–Kier alpha value is -2.65. The second-order valence-corrected chi connectivity index (χ2v) is 8.11. The second kappa shape index (κ2) is 10.4. The van der Waals surface area contributed by atoms with Crippen molar-refractivity contribution in [2.75, 3.05) is 30.3 Å². The summed E-state index contributed by atoms with van der Waals surface area (Å²) in [4.78, 5) is 42.5. The van der Waals surface area contributed by atoms with E-state index in [1.165, 1.54) is 11.3 Å². The van der Waals surface area contributed by atoms with Gasteiger partial charge in [0.05, 0.1) is 24.6 Å². The molecule has 30 heavy (non-hydrogen) atoms. The zero-order valence-electron chi connectivity index (χ0n) is 16.5. The molecule has 2 N–H and O–H groups in total.